The van der Waals surface area contributed by atoms with Gasteiger partial charge in [-0.05, 0) is 17.2 Å². The number of H-pyrrole nitrogens is 1. The van der Waals surface area contributed by atoms with Crippen molar-refractivity contribution in [3.05, 3.63) is 66.7 Å². The first kappa shape index (κ1) is 15.5. The number of para-hydroxylation sites is 1. The van der Waals surface area contributed by atoms with Crippen LogP contribution in [0.25, 0.3) is 22.0 Å². The molecule has 5 heteroatoms. The molecule has 3 rings (SSSR count). The second-order valence-corrected chi connectivity index (χ2v) is 7.32. The summed E-state index contributed by atoms with van der Waals surface area (Å²) in [6, 6.07) is 15.2. The number of nitrogens with one attached hydrogen (secondary N) is 1. The summed E-state index contributed by atoms with van der Waals surface area (Å²) in [6.45, 7) is 4.00. The van der Waals surface area contributed by atoms with Crippen LogP contribution in [0.15, 0.2) is 66.2 Å². The zero-order valence-electron chi connectivity index (χ0n) is 12.6. The number of benzene rings is 2. The van der Waals surface area contributed by atoms with E-state index in [2.05, 4.69) is 11.6 Å². The van der Waals surface area contributed by atoms with Crippen LogP contribution in [0.5, 0.6) is 0 Å². The Hall–Kier alpha value is -2.37. The zero-order chi connectivity index (χ0) is 16.4. The van der Waals surface area contributed by atoms with Gasteiger partial charge in [0.05, 0.1) is 5.75 Å². The van der Waals surface area contributed by atoms with Gasteiger partial charge in [-0.3, -0.25) is 0 Å². The van der Waals surface area contributed by atoms with Gasteiger partial charge in [-0.25, -0.2) is 8.42 Å². The SMILES string of the molecule is C=CCS(=O)(=O)c1[nH]c2ccccc2c1-c1ccc(CN)cc1. The van der Waals surface area contributed by atoms with E-state index in [0.29, 0.717) is 12.1 Å². The molecule has 0 saturated carbocycles. The summed E-state index contributed by atoms with van der Waals surface area (Å²) in [5, 5.41) is 1.12. The van der Waals surface area contributed by atoms with Crippen molar-refractivity contribution in [2.75, 3.05) is 5.75 Å². The van der Waals surface area contributed by atoms with Crippen LogP contribution in [-0.4, -0.2) is 19.2 Å². The second kappa shape index (κ2) is 6.02. The van der Waals surface area contributed by atoms with Gasteiger partial charge < -0.3 is 10.7 Å². The summed E-state index contributed by atoms with van der Waals surface area (Å²) in [5.41, 5.74) is 8.99. The second-order valence-electron chi connectivity index (χ2n) is 5.35. The fourth-order valence-corrected chi connectivity index (χ4v) is 3.96. The zero-order valence-corrected chi connectivity index (χ0v) is 13.4. The van der Waals surface area contributed by atoms with Crippen molar-refractivity contribution in [2.45, 2.75) is 11.6 Å². The quantitative estimate of drug-likeness (QED) is 0.707. The molecule has 2 aromatic carbocycles. The monoisotopic (exact) mass is 326 g/mol. The predicted octanol–water partition coefficient (Wildman–Crippen LogP) is 3.25. The molecule has 0 fully saturated rings. The van der Waals surface area contributed by atoms with Crippen LogP contribution >= 0.6 is 0 Å². The summed E-state index contributed by atoms with van der Waals surface area (Å²) in [6.07, 6.45) is 1.40. The van der Waals surface area contributed by atoms with Crippen LogP contribution < -0.4 is 5.73 Å². The number of fused-ring (bicyclic) bond motifs is 1. The molecule has 3 aromatic rings. The molecular weight excluding hydrogens is 308 g/mol. The Balaban J connectivity index is 2.30. The minimum atomic E-state index is -3.46. The average molecular weight is 326 g/mol. The molecule has 1 heterocycles. The molecule has 0 spiro atoms. The number of aromatic amines is 1. The molecule has 0 aliphatic carbocycles. The molecule has 4 nitrogen and oxygen atoms in total. The lowest BCUT2D eigenvalue weighted by Crippen LogP contribution is -2.06. The Bertz CT molecular complexity index is 954. The molecule has 0 radical (unpaired) electrons. The Morgan fingerprint density at radius 3 is 2.43 bits per heavy atom. The molecule has 1 aromatic heterocycles. The van der Waals surface area contributed by atoms with Gasteiger partial charge in [0.1, 0.15) is 5.03 Å². The van der Waals surface area contributed by atoms with Gasteiger partial charge in [0.2, 0.25) is 0 Å². The third kappa shape index (κ3) is 2.81. The average Bonchev–Trinajstić information content (AvgIpc) is 2.95. The predicted molar refractivity (Wildman–Crippen MR) is 93.9 cm³/mol. The van der Waals surface area contributed by atoms with E-state index in [1.165, 1.54) is 6.08 Å². The van der Waals surface area contributed by atoms with E-state index < -0.39 is 9.84 Å². The van der Waals surface area contributed by atoms with Crippen LogP contribution in [0.2, 0.25) is 0 Å². The topological polar surface area (TPSA) is 76.0 Å². The number of hydrogen-bond donors (Lipinski definition) is 2. The van der Waals surface area contributed by atoms with Crippen LogP contribution in [0.3, 0.4) is 0 Å². The lowest BCUT2D eigenvalue weighted by atomic mass is 10.0. The summed E-state index contributed by atoms with van der Waals surface area (Å²) >= 11 is 0. The van der Waals surface area contributed by atoms with Crippen molar-refractivity contribution < 1.29 is 8.42 Å². The first-order valence-electron chi connectivity index (χ1n) is 7.30. The number of rotatable bonds is 5. The van der Waals surface area contributed by atoms with Gasteiger partial charge >= 0.3 is 0 Å². The summed E-state index contributed by atoms with van der Waals surface area (Å²) in [7, 11) is -3.46. The van der Waals surface area contributed by atoms with Crippen molar-refractivity contribution in [3.63, 3.8) is 0 Å². The van der Waals surface area contributed by atoms with E-state index in [9.17, 15) is 8.42 Å². The maximum Gasteiger partial charge on any atom is 0.197 e. The van der Waals surface area contributed by atoms with Crippen molar-refractivity contribution in [2.24, 2.45) is 5.73 Å². The van der Waals surface area contributed by atoms with Crippen molar-refractivity contribution in [1.29, 1.82) is 0 Å². The third-order valence-electron chi connectivity index (χ3n) is 3.80. The highest BCUT2D eigenvalue weighted by Crippen LogP contribution is 2.35. The van der Waals surface area contributed by atoms with E-state index in [1.807, 2.05) is 48.5 Å². The standard InChI is InChI=1S/C18H18N2O2S/c1-2-11-23(21,22)18-17(14-9-7-13(12-19)8-10-14)15-5-3-4-6-16(15)20-18/h2-10,20H,1,11-12,19H2. The fourth-order valence-electron chi connectivity index (χ4n) is 2.68. The van der Waals surface area contributed by atoms with E-state index >= 15 is 0 Å². The third-order valence-corrected chi connectivity index (χ3v) is 5.40. The van der Waals surface area contributed by atoms with Gasteiger partial charge in [0, 0.05) is 23.0 Å². The molecular formula is C18H18N2O2S. The summed E-state index contributed by atoms with van der Waals surface area (Å²) in [5.74, 6) is -0.103. The number of aromatic nitrogens is 1. The highest BCUT2D eigenvalue weighted by Gasteiger charge is 2.23. The Labute approximate surface area is 135 Å². The molecule has 0 bridgehead atoms. The van der Waals surface area contributed by atoms with Crippen LogP contribution in [0, 0.1) is 0 Å². The molecule has 0 unspecified atom stereocenters. The molecule has 0 aliphatic heterocycles. The van der Waals surface area contributed by atoms with Gasteiger partial charge in [-0.15, -0.1) is 6.58 Å². The minimum absolute atomic E-state index is 0.103. The molecule has 118 valence electrons. The summed E-state index contributed by atoms with van der Waals surface area (Å²) < 4.78 is 25.2. The van der Waals surface area contributed by atoms with Gasteiger partial charge in [-0.1, -0.05) is 48.5 Å². The Morgan fingerprint density at radius 2 is 1.78 bits per heavy atom. The molecule has 3 N–H and O–H groups in total. The van der Waals surface area contributed by atoms with Crippen molar-refractivity contribution in [3.8, 4) is 11.1 Å². The van der Waals surface area contributed by atoms with Crippen LogP contribution in [0.4, 0.5) is 0 Å². The van der Waals surface area contributed by atoms with E-state index in [-0.39, 0.29) is 10.8 Å². The van der Waals surface area contributed by atoms with Crippen molar-refractivity contribution >= 4 is 20.7 Å². The van der Waals surface area contributed by atoms with Gasteiger partial charge in [0.15, 0.2) is 9.84 Å². The van der Waals surface area contributed by atoms with Crippen molar-refractivity contribution in [1.82, 2.24) is 4.98 Å². The maximum absolute atomic E-state index is 12.6. The van der Waals surface area contributed by atoms with Gasteiger partial charge in [-0.2, -0.15) is 0 Å². The number of sulfone groups is 1. The summed E-state index contributed by atoms with van der Waals surface area (Å²) in [4.78, 5) is 3.06. The minimum Gasteiger partial charge on any atom is -0.345 e. The molecule has 23 heavy (non-hydrogen) atoms. The Kier molecular flexibility index (Phi) is 4.07. The lowest BCUT2D eigenvalue weighted by Gasteiger charge is -2.06. The first-order valence-corrected chi connectivity index (χ1v) is 8.96. The van der Waals surface area contributed by atoms with E-state index in [0.717, 1.165) is 22.0 Å². The van der Waals surface area contributed by atoms with Crippen LogP contribution in [0.1, 0.15) is 5.56 Å². The first-order chi connectivity index (χ1) is 11.1. The normalized spacial score (nSPS) is 11.7. The maximum atomic E-state index is 12.6. The van der Waals surface area contributed by atoms with Gasteiger partial charge in [0.25, 0.3) is 0 Å². The lowest BCUT2D eigenvalue weighted by molar-refractivity contribution is 0.596. The fraction of sp³-hybridized carbons (Fsp3) is 0.111. The highest BCUT2D eigenvalue weighted by atomic mass is 32.2. The van der Waals surface area contributed by atoms with Crippen LogP contribution in [-0.2, 0) is 16.4 Å². The smallest absolute Gasteiger partial charge is 0.197 e. The largest absolute Gasteiger partial charge is 0.345 e. The highest BCUT2D eigenvalue weighted by molar-refractivity contribution is 7.91. The molecule has 0 atom stereocenters. The van der Waals surface area contributed by atoms with E-state index in [1.54, 1.807) is 0 Å². The number of nitrogens with two attached hydrogens (primary N) is 1. The molecule has 0 amide bonds. The Morgan fingerprint density at radius 1 is 1.09 bits per heavy atom. The van der Waals surface area contributed by atoms with E-state index in [4.69, 9.17) is 5.73 Å². The molecule has 0 aliphatic rings. The molecule has 0 saturated heterocycles. The number of hydrogen-bond acceptors (Lipinski definition) is 3.